The van der Waals surface area contributed by atoms with Crippen molar-refractivity contribution in [1.29, 1.82) is 0 Å². The van der Waals surface area contributed by atoms with Crippen LogP contribution in [0, 0.1) is 5.92 Å². The summed E-state index contributed by atoms with van der Waals surface area (Å²) in [6.07, 6.45) is 8.08. The zero-order valence-electron chi connectivity index (χ0n) is 10.6. The minimum absolute atomic E-state index is 0.145. The fraction of sp³-hybridized carbons (Fsp3) is 1.00. The van der Waals surface area contributed by atoms with Crippen LogP contribution in [0.5, 0.6) is 0 Å². The van der Waals surface area contributed by atoms with Crippen molar-refractivity contribution in [2.24, 2.45) is 5.92 Å². The number of rotatable bonds is 3. The molecule has 1 rings (SSSR count). The van der Waals surface area contributed by atoms with Gasteiger partial charge in [-0.2, -0.15) is 0 Å². The lowest BCUT2D eigenvalue weighted by atomic mass is 9.92. The second kappa shape index (κ2) is 9.83. The van der Waals surface area contributed by atoms with Gasteiger partial charge in [0.15, 0.2) is 0 Å². The van der Waals surface area contributed by atoms with E-state index < -0.39 is 6.10 Å². The normalized spacial score (nSPS) is 26.8. The van der Waals surface area contributed by atoms with Crippen LogP contribution in [-0.4, -0.2) is 36.1 Å². The molecule has 0 bridgehead atoms. The van der Waals surface area contributed by atoms with Crippen molar-refractivity contribution in [1.82, 2.24) is 0 Å². The van der Waals surface area contributed by atoms with Crippen LogP contribution in [0.2, 0.25) is 0 Å². The number of aliphatic hydroxyl groups is 2. The second-order valence-electron chi connectivity index (χ2n) is 4.93. The van der Waals surface area contributed by atoms with Crippen LogP contribution < -0.4 is 0 Å². The van der Waals surface area contributed by atoms with Crippen molar-refractivity contribution in [3.63, 3.8) is 0 Å². The molecule has 4 heteroatoms. The fourth-order valence-corrected chi connectivity index (χ4v) is 2.30. The molecule has 1 saturated heterocycles. The van der Waals surface area contributed by atoms with Crippen LogP contribution in [0.15, 0.2) is 0 Å². The summed E-state index contributed by atoms with van der Waals surface area (Å²) in [5.74, 6) is 0.431. The van der Waals surface area contributed by atoms with Crippen LogP contribution in [-0.2, 0) is 9.78 Å². The first-order valence-corrected chi connectivity index (χ1v) is 6.86. The van der Waals surface area contributed by atoms with E-state index in [0.29, 0.717) is 25.6 Å². The first kappa shape index (κ1) is 14.9. The van der Waals surface area contributed by atoms with E-state index in [-0.39, 0.29) is 6.61 Å². The van der Waals surface area contributed by atoms with E-state index in [9.17, 15) is 5.11 Å². The number of hydrogen-bond acceptors (Lipinski definition) is 4. The molecule has 2 N–H and O–H groups in total. The maximum absolute atomic E-state index is 9.48. The summed E-state index contributed by atoms with van der Waals surface area (Å²) in [4.78, 5) is 10.2. The first-order valence-electron chi connectivity index (χ1n) is 6.86. The van der Waals surface area contributed by atoms with Crippen molar-refractivity contribution < 1.29 is 20.0 Å². The smallest absolute Gasteiger partial charge is 0.0825 e. The van der Waals surface area contributed by atoms with Gasteiger partial charge in [0.05, 0.1) is 25.9 Å². The molecule has 0 aromatic rings. The van der Waals surface area contributed by atoms with E-state index in [0.717, 1.165) is 19.3 Å². The fourth-order valence-electron chi connectivity index (χ4n) is 2.30. The van der Waals surface area contributed by atoms with Crippen LogP contribution in [0.25, 0.3) is 0 Å². The summed E-state index contributed by atoms with van der Waals surface area (Å²) >= 11 is 0. The van der Waals surface area contributed by atoms with Crippen molar-refractivity contribution in [3.05, 3.63) is 0 Å². The molecule has 102 valence electrons. The molecule has 0 aromatic heterocycles. The quantitative estimate of drug-likeness (QED) is 0.748. The van der Waals surface area contributed by atoms with E-state index >= 15 is 0 Å². The highest BCUT2D eigenvalue weighted by Gasteiger charge is 2.14. The highest BCUT2D eigenvalue weighted by Crippen LogP contribution is 2.21. The Morgan fingerprint density at radius 3 is 2.47 bits per heavy atom. The molecular weight excluding hydrogens is 220 g/mol. The third kappa shape index (κ3) is 7.71. The first-order chi connectivity index (χ1) is 8.33. The predicted molar refractivity (Wildman–Crippen MR) is 65.4 cm³/mol. The monoisotopic (exact) mass is 246 g/mol. The Morgan fingerprint density at radius 1 is 0.941 bits per heavy atom. The summed E-state index contributed by atoms with van der Waals surface area (Å²) in [5.41, 5.74) is 0. The van der Waals surface area contributed by atoms with Crippen molar-refractivity contribution in [2.45, 2.75) is 57.5 Å². The molecule has 1 heterocycles. The molecule has 2 unspecified atom stereocenters. The van der Waals surface area contributed by atoms with E-state index in [2.05, 4.69) is 0 Å². The Morgan fingerprint density at radius 2 is 1.65 bits per heavy atom. The van der Waals surface area contributed by atoms with Gasteiger partial charge in [-0.05, 0) is 25.2 Å². The summed E-state index contributed by atoms with van der Waals surface area (Å²) < 4.78 is 0. The molecular formula is C13H26O4. The molecule has 0 spiro atoms. The van der Waals surface area contributed by atoms with Gasteiger partial charge in [0.1, 0.15) is 0 Å². The Kier molecular flexibility index (Phi) is 8.61. The molecule has 0 aromatic carbocycles. The molecule has 2 atom stereocenters. The molecule has 0 radical (unpaired) electrons. The average Bonchev–Trinajstić information content (AvgIpc) is 2.32. The summed E-state index contributed by atoms with van der Waals surface area (Å²) in [6, 6.07) is 0. The van der Waals surface area contributed by atoms with Gasteiger partial charge in [0, 0.05) is 0 Å². The van der Waals surface area contributed by atoms with Gasteiger partial charge < -0.3 is 10.2 Å². The van der Waals surface area contributed by atoms with Crippen LogP contribution in [0.4, 0.5) is 0 Å². The van der Waals surface area contributed by atoms with Crippen molar-refractivity contribution in [3.8, 4) is 0 Å². The molecule has 0 saturated carbocycles. The Hall–Kier alpha value is -0.160. The third-order valence-corrected chi connectivity index (χ3v) is 3.35. The lowest BCUT2D eigenvalue weighted by Crippen LogP contribution is -2.19. The van der Waals surface area contributed by atoms with Crippen molar-refractivity contribution >= 4 is 0 Å². The van der Waals surface area contributed by atoms with Gasteiger partial charge in [-0.25, -0.2) is 9.78 Å². The molecule has 4 nitrogen and oxygen atoms in total. The van der Waals surface area contributed by atoms with Gasteiger partial charge in [0.2, 0.25) is 0 Å². The van der Waals surface area contributed by atoms with Gasteiger partial charge in [-0.3, -0.25) is 0 Å². The van der Waals surface area contributed by atoms with Gasteiger partial charge in [0.25, 0.3) is 0 Å². The minimum Gasteiger partial charge on any atom is -0.394 e. The van der Waals surface area contributed by atoms with E-state index in [1.807, 2.05) is 0 Å². The molecule has 0 aliphatic carbocycles. The minimum atomic E-state index is -0.589. The van der Waals surface area contributed by atoms with Gasteiger partial charge in [-0.15, -0.1) is 0 Å². The summed E-state index contributed by atoms with van der Waals surface area (Å²) in [7, 11) is 0. The summed E-state index contributed by atoms with van der Waals surface area (Å²) in [6.45, 7) is 1.13. The Labute approximate surface area is 104 Å². The topological polar surface area (TPSA) is 58.9 Å². The second-order valence-corrected chi connectivity index (χ2v) is 4.93. The lowest BCUT2D eigenvalue weighted by molar-refractivity contribution is -0.296. The average molecular weight is 246 g/mol. The Balaban J connectivity index is 2.26. The van der Waals surface area contributed by atoms with Crippen LogP contribution in [0.3, 0.4) is 0 Å². The third-order valence-electron chi connectivity index (χ3n) is 3.35. The number of aliphatic hydroxyl groups excluding tert-OH is 2. The van der Waals surface area contributed by atoms with Crippen LogP contribution >= 0.6 is 0 Å². The highest BCUT2D eigenvalue weighted by atomic mass is 17.2. The van der Waals surface area contributed by atoms with Gasteiger partial charge >= 0.3 is 0 Å². The van der Waals surface area contributed by atoms with E-state index in [1.54, 1.807) is 0 Å². The van der Waals surface area contributed by atoms with Gasteiger partial charge in [-0.1, -0.05) is 32.1 Å². The Bertz CT molecular complexity index is 163. The predicted octanol–water partition coefficient (Wildman–Crippen LogP) is 2.04. The molecule has 17 heavy (non-hydrogen) atoms. The molecule has 1 aliphatic rings. The molecule has 1 aliphatic heterocycles. The zero-order valence-corrected chi connectivity index (χ0v) is 10.6. The lowest BCUT2D eigenvalue weighted by Gasteiger charge is -2.19. The summed E-state index contributed by atoms with van der Waals surface area (Å²) in [5, 5.41) is 18.3. The highest BCUT2D eigenvalue weighted by molar-refractivity contribution is 4.65. The van der Waals surface area contributed by atoms with Crippen molar-refractivity contribution in [2.75, 3.05) is 19.8 Å². The van der Waals surface area contributed by atoms with E-state index in [4.69, 9.17) is 14.9 Å². The maximum Gasteiger partial charge on any atom is 0.0825 e. The SMILES string of the molecule is OCC(O)CC1CCCCCCCOOCC1. The maximum atomic E-state index is 9.48. The zero-order chi connectivity index (χ0) is 12.3. The van der Waals surface area contributed by atoms with Crippen LogP contribution in [0.1, 0.15) is 51.4 Å². The standard InChI is InChI=1S/C13H26O4/c14-11-13(15)10-12-6-4-2-1-3-5-8-16-17-9-7-12/h12-15H,1-11H2. The largest absolute Gasteiger partial charge is 0.394 e. The number of hydrogen-bond donors (Lipinski definition) is 2. The van der Waals surface area contributed by atoms with E-state index in [1.165, 1.54) is 25.7 Å². The molecule has 0 amide bonds. The molecule has 1 fully saturated rings.